The van der Waals surface area contributed by atoms with E-state index in [1.165, 1.54) is 18.2 Å². The van der Waals surface area contributed by atoms with Crippen molar-refractivity contribution < 1.29 is 27.4 Å². The smallest absolute Gasteiger partial charge is 0.457 e. The SMILES string of the molecule is C[C@@H]1CC(=O)O[C@@H]1c1cccc(OC(F)(F)F)c1. The minimum absolute atomic E-state index is 0.0568. The molecule has 1 aliphatic heterocycles. The summed E-state index contributed by atoms with van der Waals surface area (Å²) in [5.41, 5.74) is 0.509. The molecule has 0 saturated carbocycles. The Labute approximate surface area is 102 Å². The number of hydrogen-bond donors (Lipinski definition) is 0. The average Bonchev–Trinajstić information content (AvgIpc) is 2.55. The van der Waals surface area contributed by atoms with E-state index in [2.05, 4.69) is 4.74 Å². The van der Waals surface area contributed by atoms with Crippen LogP contribution in [-0.2, 0) is 9.53 Å². The minimum atomic E-state index is -4.73. The van der Waals surface area contributed by atoms with Crippen molar-refractivity contribution in [3.8, 4) is 5.75 Å². The highest BCUT2D eigenvalue weighted by atomic mass is 19.4. The van der Waals surface area contributed by atoms with Crippen LogP contribution >= 0.6 is 0 Å². The van der Waals surface area contributed by atoms with E-state index in [-0.39, 0.29) is 24.1 Å². The molecule has 0 N–H and O–H groups in total. The maximum atomic E-state index is 12.1. The van der Waals surface area contributed by atoms with Gasteiger partial charge in [-0.15, -0.1) is 13.2 Å². The number of rotatable bonds is 2. The first-order valence-corrected chi connectivity index (χ1v) is 5.40. The molecule has 98 valence electrons. The van der Waals surface area contributed by atoms with E-state index in [1.54, 1.807) is 6.07 Å². The standard InChI is InChI=1S/C12H11F3O3/c1-7-5-10(16)17-11(7)8-3-2-4-9(6-8)18-12(13,14)15/h2-4,6-7,11H,5H2,1H3/t7-,11+/m1/s1. The molecule has 1 aromatic rings. The Bertz CT molecular complexity index is 456. The highest BCUT2D eigenvalue weighted by Crippen LogP contribution is 2.36. The fraction of sp³-hybridized carbons (Fsp3) is 0.417. The molecule has 0 radical (unpaired) electrons. The van der Waals surface area contributed by atoms with Crippen LogP contribution in [0.3, 0.4) is 0 Å². The molecule has 0 unspecified atom stereocenters. The van der Waals surface area contributed by atoms with Crippen LogP contribution < -0.4 is 4.74 Å². The first-order chi connectivity index (χ1) is 8.35. The number of halogens is 3. The monoisotopic (exact) mass is 260 g/mol. The van der Waals surface area contributed by atoms with E-state index in [0.717, 1.165) is 0 Å². The van der Waals surface area contributed by atoms with Crippen molar-refractivity contribution in [2.45, 2.75) is 25.8 Å². The quantitative estimate of drug-likeness (QED) is 0.766. The summed E-state index contributed by atoms with van der Waals surface area (Å²) in [5, 5.41) is 0. The Morgan fingerprint density at radius 1 is 1.39 bits per heavy atom. The lowest BCUT2D eigenvalue weighted by Gasteiger charge is -2.16. The van der Waals surface area contributed by atoms with E-state index in [1.807, 2.05) is 6.92 Å². The van der Waals surface area contributed by atoms with Crippen LogP contribution in [0.5, 0.6) is 5.75 Å². The summed E-state index contributed by atoms with van der Waals surface area (Å²) < 4.78 is 45.1. The number of alkyl halides is 3. The molecule has 2 atom stereocenters. The Balaban J connectivity index is 2.19. The Kier molecular flexibility index (Phi) is 3.19. The van der Waals surface area contributed by atoms with Crippen molar-refractivity contribution in [3.05, 3.63) is 29.8 Å². The number of carbonyl (C=O) groups is 1. The molecule has 1 aliphatic rings. The van der Waals surface area contributed by atoms with Gasteiger partial charge in [-0.05, 0) is 17.7 Å². The average molecular weight is 260 g/mol. The Morgan fingerprint density at radius 2 is 2.11 bits per heavy atom. The molecule has 1 fully saturated rings. The molecule has 1 saturated heterocycles. The van der Waals surface area contributed by atoms with Gasteiger partial charge in [-0.1, -0.05) is 19.1 Å². The third-order valence-electron chi connectivity index (χ3n) is 2.68. The summed E-state index contributed by atoms with van der Waals surface area (Å²) in [4.78, 5) is 11.1. The zero-order chi connectivity index (χ0) is 13.3. The Morgan fingerprint density at radius 3 is 2.67 bits per heavy atom. The molecule has 1 aromatic carbocycles. The molecular weight excluding hydrogens is 249 g/mol. The highest BCUT2D eigenvalue weighted by molar-refractivity contribution is 5.72. The molecule has 0 amide bonds. The number of hydrogen-bond acceptors (Lipinski definition) is 3. The van der Waals surface area contributed by atoms with E-state index < -0.39 is 12.5 Å². The molecule has 0 bridgehead atoms. The largest absolute Gasteiger partial charge is 0.573 e. The lowest BCUT2D eigenvalue weighted by atomic mass is 9.97. The van der Waals surface area contributed by atoms with Gasteiger partial charge in [0.05, 0.1) is 6.42 Å². The van der Waals surface area contributed by atoms with Crippen LogP contribution in [0.25, 0.3) is 0 Å². The molecule has 0 aliphatic carbocycles. The van der Waals surface area contributed by atoms with Crippen molar-refractivity contribution in [1.29, 1.82) is 0 Å². The maximum absolute atomic E-state index is 12.1. The Hall–Kier alpha value is -1.72. The topological polar surface area (TPSA) is 35.5 Å². The fourth-order valence-electron chi connectivity index (χ4n) is 1.96. The minimum Gasteiger partial charge on any atom is -0.457 e. The summed E-state index contributed by atoms with van der Waals surface area (Å²) in [6.07, 6.45) is -4.96. The molecule has 1 heterocycles. The summed E-state index contributed by atoms with van der Waals surface area (Å²) in [5.74, 6) is -0.705. The third kappa shape index (κ3) is 2.94. The van der Waals surface area contributed by atoms with Gasteiger partial charge in [-0.2, -0.15) is 0 Å². The molecular formula is C12H11F3O3. The van der Waals surface area contributed by atoms with Crippen molar-refractivity contribution in [2.24, 2.45) is 5.92 Å². The van der Waals surface area contributed by atoms with Crippen LogP contribution in [0.2, 0.25) is 0 Å². The van der Waals surface area contributed by atoms with Crippen molar-refractivity contribution in [1.82, 2.24) is 0 Å². The van der Waals surface area contributed by atoms with Gasteiger partial charge in [0.25, 0.3) is 0 Å². The van der Waals surface area contributed by atoms with Crippen LogP contribution in [-0.4, -0.2) is 12.3 Å². The third-order valence-corrected chi connectivity index (χ3v) is 2.68. The second-order valence-corrected chi connectivity index (χ2v) is 4.21. The molecule has 2 rings (SSSR count). The molecule has 0 aromatic heterocycles. The maximum Gasteiger partial charge on any atom is 0.573 e. The van der Waals surface area contributed by atoms with E-state index in [9.17, 15) is 18.0 Å². The van der Waals surface area contributed by atoms with E-state index in [4.69, 9.17) is 4.74 Å². The van der Waals surface area contributed by atoms with Crippen LogP contribution in [0.15, 0.2) is 24.3 Å². The van der Waals surface area contributed by atoms with E-state index in [0.29, 0.717) is 5.56 Å². The number of ether oxygens (including phenoxy) is 2. The highest BCUT2D eigenvalue weighted by Gasteiger charge is 2.34. The predicted octanol–water partition coefficient (Wildman–Crippen LogP) is 3.21. The first kappa shape index (κ1) is 12.7. The first-order valence-electron chi connectivity index (χ1n) is 5.40. The van der Waals surface area contributed by atoms with Crippen molar-refractivity contribution in [3.63, 3.8) is 0 Å². The number of esters is 1. The second kappa shape index (κ2) is 4.51. The van der Waals surface area contributed by atoms with Gasteiger partial charge in [-0.3, -0.25) is 4.79 Å². The number of carbonyl (C=O) groups excluding carboxylic acids is 1. The van der Waals surface area contributed by atoms with Crippen LogP contribution in [0, 0.1) is 5.92 Å². The van der Waals surface area contributed by atoms with Gasteiger partial charge >= 0.3 is 12.3 Å². The lowest BCUT2D eigenvalue weighted by molar-refractivity contribution is -0.274. The summed E-state index contributed by atoms with van der Waals surface area (Å²) in [6, 6.07) is 5.50. The normalized spacial score (nSPS) is 23.9. The van der Waals surface area contributed by atoms with Gasteiger partial charge in [-0.25, -0.2) is 0 Å². The predicted molar refractivity (Wildman–Crippen MR) is 55.7 cm³/mol. The van der Waals surface area contributed by atoms with Gasteiger partial charge in [0.1, 0.15) is 11.9 Å². The second-order valence-electron chi connectivity index (χ2n) is 4.21. The molecule has 6 heteroatoms. The van der Waals surface area contributed by atoms with Gasteiger partial charge in [0.15, 0.2) is 0 Å². The van der Waals surface area contributed by atoms with Gasteiger partial charge in [0.2, 0.25) is 0 Å². The van der Waals surface area contributed by atoms with Crippen molar-refractivity contribution in [2.75, 3.05) is 0 Å². The lowest BCUT2D eigenvalue weighted by Crippen LogP contribution is -2.17. The summed E-state index contributed by atoms with van der Waals surface area (Å²) >= 11 is 0. The fourth-order valence-corrected chi connectivity index (χ4v) is 1.96. The number of benzene rings is 1. The summed E-state index contributed by atoms with van der Waals surface area (Å²) in [7, 11) is 0. The van der Waals surface area contributed by atoms with Gasteiger partial charge in [0, 0.05) is 5.92 Å². The molecule has 18 heavy (non-hydrogen) atoms. The summed E-state index contributed by atoms with van der Waals surface area (Å²) in [6.45, 7) is 1.81. The van der Waals surface area contributed by atoms with Gasteiger partial charge < -0.3 is 9.47 Å². The van der Waals surface area contributed by atoms with Crippen molar-refractivity contribution >= 4 is 5.97 Å². The van der Waals surface area contributed by atoms with Crippen LogP contribution in [0.1, 0.15) is 25.0 Å². The van der Waals surface area contributed by atoms with E-state index >= 15 is 0 Å². The van der Waals surface area contributed by atoms with Crippen LogP contribution in [0.4, 0.5) is 13.2 Å². The number of cyclic esters (lactones) is 1. The zero-order valence-corrected chi connectivity index (χ0v) is 9.53. The zero-order valence-electron chi connectivity index (χ0n) is 9.53. The molecule has 3 nitrogen and oxygen atoms in total. The molecule has 0 spiro atoms.